The molecule has 0 aromatic heterocycles. The van der Waals surface area contributed by atoms with Crippen LogP contribution in [-0.4, -0.2) is 17.6 Å². The van der Waals surface area contributed by atoms with Gasteiger partial charge in [0.2, 0.25) is 11.8 Å². The lowest BCUT2D eigenvalue weighted by Gasteiger charge is -2.32. The first-order valence-electron chi connectivity index (χ1n) is 13.6. The van der Waals surface area contributed by atoms with Crippen LogP contribution < -0.4 is 10.6 Å². The van der Waals surface area contributed by atoms with Gasteiger partial charge in [-0.25, -0.2) is 0 Å². The van der Waals surface area contributed by atoms with Gasteiger partial charge < -0.3 is 10.6 Å². The molecule has 2 atom stereocenters. The topological polar surface area (TPSA) is 75.3 Å². The molecule has 0 aliphatic rings. The van der Waals surface area contributed by atoms with Gasteiger partial charge in [0.15, 0.2) is 5.78 Å². The molecule has 0 spiro atoms. The van der Waals surface area contributed by atoms with E-state index >= 15 is 0 Å². The maximum absolute atomic E-state index is 14.0. The Labute approximate surface area is 254 Å². The summed E-state index contributed by atoms with van der Waals surface area (Å²) in [6, 6.07) is 33.2. The predicted octanol–water partition coefficient (Wildman–Crippen LogP) is 7.34. The van der Waals surface area contributed by atoms with Crippen LogP contribution in [0.5, 0.6) is 0 Å². The zero-order valence-electron chi connectivity index (χ0n) is 22.7. The molecular weight excluding hydrogens is 600 g/mol. The summed E-state index contributed by atoms with van der Waals surface area (Å²) < 4.78 is 0.856. The number of carbonyl (C=O) groups is 3. The third-order valence-corrected chi connectivity index (χ3v) is 7.92. The van der Waals surface area contributed by atoms with Crippen molar-refractivity contribution >= 4 is 45.1 Å². The van der Waals surface area contributed by atoms with Crippen molar-refractivity contribution in [3.8, 4) is 0 Å². The molecule has 2 N–H and O–H groups in total. The molecule has 0 unspecified atom stereocenters. The van der Waals surface area contributed by atoms with Gasteiger partial charge in [-0.2, -0.15) is 0 Å². The first-order valence-corrected chi connectivity index (χ1v) is 14.7. The summed E-state index contributed by atoms with van der Waals surface area (Å²) in [4.78, 5) is 41.9. The molecule has 2 amide bonds. The molecule has 0 aliphatic heterocycles. The van der Waals surface area contributed by atoms with Crippen LogP contribution >= 0.6 is 27.5 Å². The summed E-state index contributed by atoms with van der Waals surface area (Å²) in [6.07, 6.45) is 0.427. The third kappa shape index (κ3) is 8.15. The van der Waals surface area contributed by atoms with Crippen molar-refractivity contribution in [3.05, 3.63) is 141 Å². The molecule has 41 heavy (non-hydrogen) atoms. The molecular formula is C34H32BrClN2O3. The zero-order valence-corrected chi connectivity index (χ0v) is 25.1. The number of amides is 2. The highest BCUT2D eigenvalue weighted by Crippen LogP contribution is 2.38. The fourth-order valence-electron chi connectivity index (χ4n) is 5.01. The summed E-state index contributed by atoms with van der Waals surface area (Å²) in [5, 5.41) is 6.45. The smallest absolute Gasteiger partial charge is 0.233 e. The van der Waals surface area contributed by atoms with E-state index in [0.717, 1.165) is 15.6 Å². The lowest BCUT2D eigenvalue weighted by molar-refractivity contribution is -0.137. The van der Waals surface area contributed by atoms with E-state index < -0.39 is 29.6 Å². The minimum Gasteiger partial charge on any atom is -0.351 e. The quantitative estimate of drug-likeness (QED) is 0.127. The molecule has 0 saturated heterocycles. The van der Waals surface area contributed by atoms with Crippen molar-refractivity contribution in [3.63, 3.8) is 0 Å². The summed E-state index contributed by atoms with van der Waals surface area (Å²) in [7, 11) is 0. The van der Waals surface area contributed by atoms with Crippen molar-refractivity contribution in [1.29, 1.82) is 0 Å². The molecule has 0 bridgehead atoms. The van der Waals surface area contributed by atoms with Crippen LogP contribution in [0, 0.1) is 11.8 Å². The molecule has 0 fully saturated rings. The largest absolute Gasteiger partial charge is 0.351 e. The van der Waals surface area contributed by atoms with Crippen LogP contribution in [0.25, 0.3) is 0 Å². The molecule has 5 nitrogen and oxygen atoms in total. The SMILES string of the molecule is CC[C@@H](C(=O)c1ccc(Br)cc1)[C@@H](c1ccc(Cl)cc1)C(C(=O)NCc1ccccc1)C(=O)NCc1ccccc1. The van der Waals surface area contributed by atoms with E-state index in [4.69, 9.17) is 11.6 Å². The monoisotopic (exact) mass is 630 g/mol. The first kappa shape index (κ1) is 30.2. The Morgan fingerprint density at radius 3 is 1.66 bits per heavy atom. The first-order chi connectivity index (χ1) is 19.9. The average molecular weight is 632 g/mol. The Kier molecular flexibility index (Phi) is 10.9. The van der Waals surface area contributed by atoms with E-state index in [1.165, 1.54) is 0 Å². The van der Waals surface area contributed by atoms with E-state index in [0.29, 0.717) is 22.6 Å². The number of nitrogens with one attached hydrogen (secondary N) is 2. The highest BCUT2D eigenvalue weighted by atomic mass is 79.9. The van der Waals surface area contributed by atoms with Crippen molar-refractivity contribution < 1.29 is 14.4 Å². The number of benzene rings is 4. The highest BCUT2D eigenvalue weighted by molar-refractivity contribution is 9.10. The van der Waals surface area contributed by atoms with Crippen LogP contribution in [0.1, 0.15) is 46.3 Å². The van der Waals surface area contributed by atoms with Gasteiger partial charge in [0, 0.05) is 40.0 Å². The average Bonchev–Trinajstić information content (AvgIpc) is 3.00. The molecule has 4 aromatic rings. The lowest BCUT2D eigenvalue weighted by Crippen LogP contribution is -2.46. The van der Waals surface area contributed by atoms with Crippen LogP contribution in [-0.2, 0) is 22.7 Å². The summed E-state index contributed by atoms with van der Waals surface area (Å²) in [6.45, 7) is 2.42. The van der Waals surface area contributed by atoms with E-state index in [9.17, 15) is 14.4 Å². The van der Waals surface area contributed by atoms with E-state index in [2.05, 4.69) is 26.6 Å². The standard InChI is InChI=1S/C34H32BrClN2O3/c1-2-29(32(39)26-13-17-27(35)18-14-26)30(25-15-19-28(36)20-16-25)31(33(40)37-21-23-9-5-3-6-10-23)34(41)38-22-24-11-7-4-8-12-24/h3-20,29-31H,2,21-22H2,1H3,(H,37,40)(H,38,41)/t29-,30-/m1/s1. The van der Waals surface area contributed by atoms with Crippen molar-refractivity contribution in [1.82, 2.24) is 10.6 Å². The molecule has 0 aliphatic carbocycles. The zero-order chi connectivity index (χ0) is 29.2. The Balaban J connectivity index is 1.74. The number of hydrogen-bond acceptors (Lipinski definition) is 3. The van der Waals surface area contributed by atoms with Crippen molar-refractivity contribution in [2.75, 3.05) is 0 Å². The fraction of sp³-hybridized carbons (Fsp3) is 0.206. The van der Waals surface area contributed by atoms with Crippen LogP contribution in [0.4, 0.5) is 0 Å². The number of hydrogen-bond donors (Lipinski definition) is 2. The van der Waals surface area contributed by atoms with Gasteiger partial charge in [-0.15, -0.1) is 0 Å². The second-order valence-electron chi connectivity index (χ2n) is 9.85. The minimum absolute atomic E-state index is 0.128. The fourth-order valence-corrected chi connectivity index (χ4v) is 5.40. The third-order valence-electron chi connectivity index (χ3n) is 7.14. The van der Waals surface area contributed by atoms with Gasteiger partial charge in [0.25, 0.3) is 0 Å². The van der Waals surface area contributed by atoms with Gasteiger partial charge in [-0.3, -0.25) is 14.4 Å². The predicted molar refractivity (Wildman–Crippen MR) is 167 cm³/mol. The van der Waals surface area contributed by atoms with E-state index in [1.54, 1.807) is 36.4 Å². The van der Waals surface area contributed by atoms with Crippen LogP contribution in [0.3, 0.4) is 0 Å². The molecule has 0 saturated carbocycles. The summed E-state index contributed by atoms with van der Waals surface area (Å²) in [5.74, 6) is -3.57. The van der Waals surface area contributed by atoms with Crippen LogP contribution in [0.2, 0.25) is 5.02 Å². The molecule has 210 valence electrons. The van der Waals surface area contributed by atoms with Gasteiger partial charge in [-0.1, -0.05) is 119 Å². The maximum atomic E-state index is 14.0. The molecule has 7 heteroatoms. The van der Waals surface area contributed by atoms with Crippen molar-refractivity contribution in [2.45, 2.75) is 32.4 Å². The summed E-state index contributed by atoms with van der Waals surface area (Å²) in [5.41, 5.74) is 3.03. The highest BCUT2D eigenvalue weighted by Gasteiger charge is 2.42. The second-order valence-corrected chi connectivity index (χ2v) is 11.2. The Bertz CT molecular complexity index is 1390. The van der Waals surface area contributed by atoms with Crippen molar-refractivity contribution in [2.24, 2.45) is 11.8 Å². The normalized spacial score (nSPS) is 12.4. The second kappa shape index (κ2) is 14.8. The lowest BCUT2D eigenvalue weighted by atomic mass is 9.72. The number of halogens is 2. The maximum Gasteiger partial charge on any atom is 0.233 e. The molecule has 4 rings (SSSR count). The Morgan fingerprint density at radius 2 is 1.20 bits per heavy atom. The van der Waals surface area contributed by atoms with E-state index in [1.807, 2.05) is 79.7 Å². The molecule has 0 heterocycles. The number of carbonyl (C=O) groups excluding carboxylic acids is 3. The van der Waals surface area contributed by atoms with Crippen LogP contribution in [0.15, 0.2) is 114 Å². The van der Waals surface area contributed by atoms with Gasteiger partial charge >= 0.3 is 0 Å². The Hall–Kier alpha value is -3.74. The van der Waals surface area contributed by atoms with E-state index in [-0.39, 0.29) is 18.9 Å². The Morgan fingerprint density at radius 1 is 0.707 bits per heavy atom. The number of ketones is 1. The summed E-state index contributed by atoms with van der Waals surface area (Å²) >= 11 is 9.64. The minimum atomic E-state index is -1.17. The number of rotatable bonds is 12. The molecule has 0 radical (unpaired) electrons. The van der Waals surface area contributed by atoms with Gasteiger partial charge in [0.05, 0.1) is 0 Å². The van der Waals surface area contributed by atoms with Gasteiger partial charge in [-0.05, 0) is 47.4 Å². The molecule has 4 aromatic carbocycles. The van der Waals surface area contributed by atoms with Gasteiger partial charge in [0.1, 0.15) is 5.92 Å². The number of Topliss-reactive ketones (excluding diaryl/α,β-unsaturated/α-hetero) is 1.